The number of hydrogen-bond donors (Lipinski definition) is 0. The maximum absolute atomic E-state index is 12.5. The molecule has 0 aromatic carbocycles. The van der Waals surface area contributed by atoms with Crippen LogP contribution in [0.1, 0.15) is 59.8 Å². The van der Waals surface area contributed by atoms with Crippen molar-refractivity contribution in [3.8, 4) is 0 Å². The molecular formula is C18H28O4. The van der Waals surface area contributed by atoms with Gasteiger partial charge in [-0.25, -0.2) is 0 Å². The van der Waals surface area contributed by atoms with Gasteiger partial charge in [0.1, 0.15) is 17.8 Å². The largest absolute Gasteiger partial charge is 0.462 e. The monoisotopic (exact) mass is 308 g/mol. The Bertz CT molecular complexity index is 454. The van der Waals surface area contributed by atoms with Crippen molar-refractivity contribution < 1.29 is 19.1 Å². The Hall–Kier alpha value is -1.19. The summed E-state index contributed by atoms with van der Waals surface area (Å²) in [6.45, 7) is 8.30. The molecule has 2 rings (SSSR count). The van der Waals surface area contributed by atoms with Gasteiger partial charge in [0.05, 0.1) is 6.42 Å². The van der Waals surface area contributed by atoms with Crippen LogP contribution in [0.25, 0.3) is 0 Å². The second kappa shape index (κ2) is 6.93. The highest BCUT2D eigenvalue weighted by molar-refractivity contribution is 6.10. The fraction of sp³-hybridized carbons (Fsp3) is 0.833. The maximum atomic E-state index is 12.5. The molecule has 4 nitrogen and oxygen atoms in total. The third-order valence-corrected chi connectivity index (χ3v) is 5.32. The fourth-order valence-electron chi connectivity index (χ4n) is 4.01. The molecule has 4 heteroatoms. The van der Waals surface area contributed by atoms with Crippen molar-refractivity contribution in [1.29, 1.82) is 0 Å². The van der Waals surface area contributed by atoms with E-state index in [0.717, 1.165) is 12.8 Å². The van der Waals surface area contributed by atoms with E-state index < -0.39 is 11.9 Å². The minimum atomic E-state index is -0.747. The van der Waals surface area contributed by atoms with E-state index in [9.17, 15) is 14.4 Å². The van der Waals surface area contributed by atoms with Crippen molar-refractivity contribution in [1.82, 2.24) is 0 Å². The van der Waals surface area contributed by atoms with Gasteiger partial charge in [0.15, 0.2) is 5.78 Å². The zero-order valence-corrected chi connectivity index (χ0v) is 14.1. The average Bonchev–Trinajstić information content (AvgIpc) is 2.36. The molecule has 2 saturated carbocycles. The van der Waals surface area contributed by atoms with Crippen LogP contribution < -0.4 is 0 Å². The van der Waals surface area contributed by atoms with Crippen LogP contribution in [0.5, 0.6) is 0 Å². The number of hydrogen-bond acceptors (Lipinski definition) is 4. The van der Waals surface area contributed by atoms with E-state index in [-0.39, 0.29) is 30.0 Å². The minimum absolute atomic E-state index is 0.0621. The second-order valence-electron chi connectivity index (χ2n) is 7.64. The highest BCUT2D eigenvalue weighted by atomic mass is 16.5. The lowest BCUT2D eigenvalue weighted by molar-refractivity contribution is -0.166. The van der Waals surface area contributed by atoms with Gasteiger partial charge < -0.3 is 4.74 Å². The molecule has 22 heavy (non-hydrogen) atoms. The third kappa shape index (κ3) is 3.76. The SMILES string of the molecule is CC1CCC(C(C)C)C(OC(=O)[C@H]2C(=O)CC(=O)C[C@@H]2C)C1. The van der Waals surface area contributed by atoms with Crippen molar-refractivity contribution in [2.75, 3.05) is 0 Å². The molecule has 0 aromatic heterocycles. The molecule has 0 spiro atoms. The van der Waals surface area contributed by atoms with Gasteiger partial charge in [-0.3, -0.25) is 14.4 Å². The Kier molecular flexibility index (Phi) is 5.41. The molecule has 0 aliphatic heterocycles. The number of ketones is 2. The van der Waals surface area contributed by atoms with E-state index in [1.165, 1.54) is 6.42 Å². The first kappa shape index (κ1) is 17.2. The van der Waals surface area contributed by atoms with Gasteiger partial charge in [0, 0.05) is 6.42 Å². The Balaban J connectivity index is 2.05. The lowest BCUT2D eigenvalue weighted by Crippen LogP contribution is -2.42. The molecule has 0 N–H and O–H groups in total. The molecule has 2 aliphatic carbocycles. The summed E-state index contributed by atoms with van der Waals surface area (Å²) in [5.41, 5.74) is 0. The molecule has 2 fully saturated rings. The van der Waals surface area contributed by atoms with Crippen molar-refractivity contribution in [2.24, 2.45) is 29.6 Å². The van der Waals surface area contributed by atoms with Gasteiger partial charge in [0.25, 0.3) is 0 Å². The summed E-state index contributed by atoms with van der Waals surface area (Å²) in [5.74, 6) is -0.333. The van der Waals surface area contributed by atoms with Crippen LogP contribution in [0.2, 0.25) is 0 Å². The number of carbonyl (C=O) groups excluding carboxylic acids is 3. The van der Waals surface area contributed by atoms with Crippen LogP contribution in [0, 0.1) is 29.6 Å². The zero-order valence-electron chi connectivity index (χ0n) is 14.1. The van der Waals surface area contributed by atoms with Crippen LogP contribution >= 0.6 is 0 Å². The molecule has 0 amide bonds. The molecule has 5 atom stereocenters. The molecule has 0 bridgehead atoms. The summed E-state index contributed by atoms with van der Waals surface area (Å²) in [6, 6.07) is 0. The molecule has 124 valence electrons. The molecule has 2 aliphatic rings. The smallest absolute Gasteiger partial charge is 0.317 e. The zero-order chi connectivity index (χ0) is 16.4. The first-order valence-corrected chi connectivity index (χ1v) is 8.54. The summed E-state index contributed by atoms with van der Waals surface area (Å²) in [6.07, 6.45) is 3.23. The Morgan fingerprint density at radius 2 is 1.86 bits per heavy atom. The fourth-order valence-corrected chi connectivity index (χ4v) is 4.01. The van der Waals surface area contributed by atoms with Crippen molar-refractivity contribution in [2.45, 2.75) is 65.9 Å². The van der Waals surface area contributed by atoms with Crippen LogP contribution in [0.4, 0.5) is 0 Å². The summed E-state index contributed by atoms with van der Waals surface area (Å²) in [5, 5.41) is 0. The predicted molar refractivity (Wildman–Crippen MR) is 83.1 cm³/mol. The number of esters is 1. The lowest BCUT2D eigenvalue weighted by atomic mass is 9.75. The van der Waals surface area contributed by atoms with Gasteiger partial charge in [-0.1, -0.05) is 34.1 Å². The normalized spacial score (nSPS) is 36.5. The highest BCUT2D eigenvalue weighted by Gasteiger charge is 2.42. The van der Waals surface area contributed by atoms with Gasteiger partial charge >= 0.3 is 5.97 Å². The third-order valence-electron chi connectivity index (χ3n) is 5.32. The topological polar surface area (TPSA) is 60.4 Å². The maximum Gasteiger partial charge on any atom is 0.317 e. The highest BCUT2D eigenvalue weighted by Crippen LogP contribution is 2.36. The first-order chi connectivity index (χ1) is 10.3. The van der Waals surface area contributed by atoms with Crippen molar-refractivity contribution >= 4 is 17.5 Å². The van der Waals surface area contributed by atoms with E-state index in [1.807, 2.05) is 0 Å². The Morgan fingerprint density at radius 3 is 2.45 bits per heavy atom. The van der Waals surface area contributed by atoms with Gasteiger partial charge in [-0.15, -0.1) is 0 Å². The van der Waals surface area contributed by atoms with Crippen molar-refractivity contribution in [3.05, 3.63) is 0 Å². The van der Waals surface area contributed by atoms with E-state index >= 15 is 0 Å². The second-order valence-corrected chi connectivity index (χ2v) is 7.64. The first-order valence-electron chi connectivity index (χ1n) is 8.54. The van der Waals surface area contributed by atoms with E-state index in [1.54, 1.807) is 6.92 Å². The van der Waals surface area contributed by atoms with E-state index in [0.29, 0.717) is 24.2 Å². The minimum Gasteiger partial charge on any atom is -0.462 e. The van der Waals surface area contributed by atoms with Crippen molar-refractivity contribution in [3.63, 3.8) is 0 Å². The summed E-state index contributed by atoms with van der Waals surface area (Å²) < 4.78 is 5.78. The van der Waals surface area contributed by atoms with E-state index in [2.05, 4.69) is 20.8 Å². The molecule has 0 radical (unpaired) electrons. The van der Waals surface area contributed by atoms with E-state index in [4.69, 9.17) is 4.74 Å². The number of Topliss-reactive ketones (excluding diaryl/α,β-unsaturated/α-hetero) is 2. The standard InChI is InChI=1S/C18H28O4/c1-10(2)14-6-5-11(3)7-16(14)22-18(21)17-12(4)8-13(19)9-15(17)20/h10-12,14,16-17H,5-9H2,1-4H3/t11?,12-,14?,16?,17+/m0/s1. The molecular weight excluding hydrogens is 280 g/mol. The summed E-state index contributed by atoms with van der Waals surface area (Å²) in [4.78, 5) is 36.0. The van der Waals surface area contributed by atoms with Gasteiger partial charge in [-0.2, -0.15) is 0 Å². The van der Waals surface area contributed by atoms with Crippen LogP contribution in [-0.4, -0.2) is 23.6 Å². The summed E-state index contributed by atoms with van der Waals surface area (Å²) in [7, 11) is 0. The molecule has 3 unspecified atom stereocenters. The average molecular weight is 308 g/mol. The quantitative estimate of drug-likeness (QED) is 0.593. The molecule has 0 heterocycles. The number of ether oxygens (including phenoxy) is 1. The van der Waals surface area contributed by atoms with Gasteiger partial charge in [0.2, 0.25) is 0 Å². The molecule has 0 saturated heterocycles. The van der Waals surface area contributed by atoms with Gasteiger partial charge in [-0.05, 0) is 36.5 Å². The van der Waals surface area contributed by atoms with Crippen LogP contribution in [0.15, 0.2) is 0 Å². The Labute approximate surface area is 133 Å². The molecule has 0 aromatic rings. The Morgan fingerprint density at radius 1 is 1.18 bits per heavy atom. The number of carbonyl (C=O) groups is 3. The summed E-state index contributed by atoms with van der Waals surface area (Å²) >= 11 is 0. The number of rotatable bonds is 3. The predicted octanol–water partition coefficient (Wildman–Crippen LogP) is 3.17. The van der Waals surface area contributed by atoms with Crippen LogP contribution in [0.3, 0.4) is 0 Å². The van der Waals surface area contributed by atoms with Crippen LogP contribution in [-0.2, 0) is 19.1 Å². The lowest BCUT2D eigenvalue weighted by Gasteiger charge is -2.38.